The Hall–Kier alpha value is -0.570. The van der Waals surface area contributed by atoms with E-state index in [2.05, 4.69) is 22.6 Å². The van der Waals surface area contributed by atoms with Crippen LogP contribution in [0.3, 0.4) is 0 Å². The molecule has 0 unspecified atom stereocenters. The minimum atomic E-state index is 0.567. The van der Waals surface area contributed by atoms with Crippen LogP contribution in [-0.4, -0.2) is 9.97 Å². The van der Waals surface area contributed by atoms with Crippen LogP contribution in [-0.2, 0) is 0 Å². The smallest absolute Gasteiger partial charge is 0.197 e. The number of nitrogens with zero attached hydrogens (tertiary/aromatic N) is 1. The van der Waals surface area contributed by atoms with Crippen LogP contribution in [0.1, 0.15) is 5.69 Å². The summed E-state index contributed by atoms with van der Waals surface area (Å²) in [5, 5.41) is 0.567. The molecule has 1 radical (unpaired) electrons. The summed E-state index contributed by atoms with van der Waals surface area (Å²) in [6.07, 6.45) is 1.78. The van der Waals surface area contributed by atoms with Gasteiger partial charge >= 0.3 is 0 Å². The van der Waals surface area contributed by atoms with Crippen LogP contribution in [0.2, 0.25) is 0 Å². The van der Waals surface area contributed by atoms with Crippen molar-refractivity contribution in [3.8, 4) is 0 Å². The predicted molar refractivity (Wildman–Crippen MR) is 29.2 cm³/mol. The maximum absolute atomic E-state index is 4.67. The molecular weight excluding hydrogens is 108 g/mol. The molecule has 1 heterocycles. The van der Waals surface area contributed by atoms with Gasteiger partial charge in [0.1, 0.15) is 0 Å². The molecule has 0 saturated heterocycles. The maximum Gasteiger partial charge on any atom is 0.197 e. The summed E-state index contributed by atoms with van der Waals surface area (Å²) >= 11 is 4.67. The Labute approximate surface area is 47.4 Å². The number of H-pyrrole nitrogens is 1. The number of aromatic amines is 1. The fraction of sp³-hybridized carbons (Fsp3) is 0.250. The van der Waals surface area contributed by atoms with Gasteiger partial charge in [-0.3, -0.25) is 0 Å². The van der Waals surface area contributed by atoms with Crippen LogP contribution < -0.4 is 0 Å². The zero-order valence-electron chi connectivity index (χ0n) is 3.93. The van der Waals surface area contributed by atoms with Crippen LogP contribution in [0, 0.1) is 6.92 Å². The van der Waals surface area contributed by atoms with Crippen molar-refractivity contribution in [3.05, 3.63) is 11.9 Å². The van der Waals surface area contributed by atoms with Crippen molar-refractivity contribution in [3.63, 3.8) is 0 Å². The van der Waals surface area contributed by atoms with Crippen LogP contribution in [0.15, 0.2) is 11.4 Å². The van der Waals surface area contributed by atoms with E-state index in [1.807, 2.05) is 6.92 Å². The highest BCUT2D eigenvalue weighted by atomic mass is 32.1. The van der Waals surface area contributed by atoms with E-state index >= 15 is 0 Å². The Morgan fingerprint density at radius 3 is 2.71 bits per heavy atom. The lowest BCUT2D eigenvalue weighted by Gasteiger charge is -1.68. The van der Waals surface area contributed by atoms with Crippen molar-refractivity contribution in [2.75, 3.05) is 0 Å². The van der Waals surface area contributed by atoms with E-state index in [4.69, 9.17) is 0 Å². The zero-order chi connectivity index (χ0) is 5.28. The van der Waals surface area contributed by atoms with E-state index in [1.165, 1.54) is 0 Å². The van der Waals surface area contributed by atoms with Crippen LogP contribution in [0.5, 0.6) is 0 Å². The van der Waals surface area contributed by atoms with Crippen molar-refractivity contribution in [1.82, 2.24) is 9.97 Å². The average Bonchev–Trinajstić information content (AvgIpc) is 1.87. The van der Waals surface area contributed by atoms with Crippen LogP contribution in [0.25, 0.3) is 0 Å². The highest BCUT2D eigenvalue weighted by Gasteiger charge is 1.86. The summed E-state index contributed by atoms with van der Waals surface area (Å²) in [6, 6.07) is 0. The summed E-state index contributed by atoms with van der Waals surface area (Å²) in [5.41, 5.74) is 0.949. The van der Waals surface area contributed by atoms with Crippen molar-refractivity contribution in [2.24, 2.45) is 0 Å². The predicted octanol–water partition coefficient (Wildman–Crippen LogP) is 1.27. The molecule has 3 heteroatoms. The van der Waals surface area contributed by atoms with Gasteiger partial charge in [0.15, 0.2) is 5.16 Å². The van der Waals surface area contributed by atoms with E-state index in [0.29, 0.717) is 5.16 Å². The third-order valence-electron chi connectivity index (χ3n) is 0.682. The van der Waals surface area contributed by atoms with Gasteiger partial charge in [0, 0.05) is 6.20 Å². The fourth-order valence-corrected chi connectivity index (χ4v) is 0.594. The molecular formula is C4H5N2S. The molecule has 0 aliphatic carbocycles. The summed E-state index contributed by atoms with van der Waals surface area (Å²) in [5.74, 6) is 0. The van der Waals surface area contributed by atoms with Gasteiger partial charge in [-0.1, -0.05) is 0 Å². The van der Waals surface area contributed by atoms with E-state index in [0.717, 1.165) is 5.69 Å². The molecule has 0 amide bonds. The first-order valence-electron chi connectivity index (χ1n) is 1.98. The molecule has 0 fully saturated rings. The standard InChI is InChI=1S/C4H5N2S/c1-3-2-5-4(7)6-3/h2H,1H3,(H,5,6). The van der Waals surface area contributed by atoms with Gasteiger partial charge in [-0.25, -0.2) is 4.98 Å². The Morgan fingerprint density at radius 2 is 2.57 bits per heavy atom. The lowest BCUT2D eigenvalue weighted by molar-refractivity contribution is 1.05. The number of aromatic nitrogens is 2. The van der Waals surface area contributed by atoms with Gasteiger partial charge in [-0.05, 0) is 19.6 Å². The second kappa shape index (κ2) is 1.50. The minimum absolute atomic E-state index is 0.567. The molecule has 0 atom stereocenters. The summed E-state index contributed by atoms with van der Waals surface area (Å²) < 4.78 is 0. The van der Waals surface area contributed by atoms with Crippen molar-refractivity contribution < 1.29 is 0 Å². The first kappa shape index (κ1) is 4.59. The van der Waals surface area contributed by atoms with Crippen molar-refractivity contribution in [1.29, 1.82) is 0 Å². The van der Waals surface area contributed by atoms with E-state index < -0.39 is 0 Å². The molecule has 0 aliphatic heterocycles. The third kappa shape index (κ3) is 0.899. The van der Waals surface area contributed by atoms with E-state index in [-0.39, 0.29) is 0 Å². The normalized spacial score (nSPS) is 9.29. The Morgan fingerprint density at radius 1 is 1.86 bits per heavy atom. The highest BCUT2D eigenvalue weighted by Crippen LogP contribution is 1.96. The molecule has 1 aromatic rings. The van der Waals surface area contributed by atoms with Gasteiger partial charge in [-0.2, -0.15) is 0 Å². The van der Waals surface area contributed by atoms with Gasteiger partial charge in [0.25, 0.3) is 0 Å². The van der Waals surface area contributed by atoms with E-state index in [9.17, 15) is 0 Å². The molecule has 0 aromatic carbocycles. The second-order valence-electron chi connectivity index (χ2n) is 1.35. The maximum atomic E-state index is 4.67. The van der Waals surface area contributed by atoms with Crippen molar-refractivity contribution >= 4 is 12.6 Å². The Kier molecular flexibility index (Phi) is 0.982. The number of aryl methyl sites for hydroxylation is 1. The van der Waals surface area contributed by atoms with Gasteiger partial charge in [0.2, 0.25) is 0 Å². The summed E-state index contributed by atoms with van der Waals surface area (Å²) in [6.45, 7) is 1.90. The molecule has 1 N–H and O–H groups in total. The third-order valence-corrected chi connectivity index (χ3v) is 0.892. The van der Waals surface area contributed by atoms with Gasteiger partial charge in [0.05, 0.1) is 5.69 Å². The minimum Gasteiger partial charge on any atom is -0.336 e. The molecule has 0 bridgehead atoms. The largest absolute Gasteiger partial charge is 0.336 e. The average molecular weight is 113 g/mol. The molecule has 2 nitrogen and oxygen atoms in total. The summed E-state index contributed by atoms with van der Waals surface area (Å²) in [4.78, 5) is 6.64. The molecule has 37 valence electrons. The van der Waals surface area contributed by atoms with Gasteiger partial charge in [-0.15, -0.1) is 0 Å². The monoisotopic (exact) mass is 113 g/mol. The first-order valence-corrected chi connectivity index (χ1v) is 2.39. The molecule has 0 aliphatic rings. The highest BCUT2D eigenvalue weighted by molar-refractivity contribution is 7.80. The Bertz CT molecular complexity index is 142. The molecule has 7 heavy (non-hydrogen) atoms. The SMILES string of the molecule is Cc1c[nH]c([S])n1. The summed E-state index contributed by atoms with van der Waals surface area (Å²) in [7, 11) is 0. The number of imidazole rings is 1. The zero-order valence-corrected chi connectivity index (χ0v) is 4.75. The number of hydrogen-bond acceptors (Lipinski definition) is 1. The van der Waals surface area contributed by atoms with Crippen molar-refractivity contribution in [2.45, 2.75) is 12.1 Å². The first-order chi connectivity index (χ1) is 3.29. The number of nitrogens with one attached hydrogen (secondary N) is 1. The molecule has 0 spiro atoms. The van der Waals surface area contributed by atoms with E-state index in [1.54, 1.807) is 6.20 Å². The Balaban J connectivity index is 3.04. The molecule has 0 saturated carbocycles. The molecule has 1 rings (SSSR count). The number of rotatable bonds is 0. The molecule has 1 aromatic heterocycles. The topological polar surface area (TPSA) is 28.7 Å². The fourth-order valence-electron chi connectivity index (χ4n) is 0.391. The quantitative estimate of drug-likeness (QED) is 0.539. The van der Waals surface area contributed by atoms with Gasteiger partial charge < -0.3 is 4.98 Å². The second-order valence-corrected chi connectivity index (χ2v) is 1.73. The lowest BCUT2D eigenvalue weighted by atomic mass is 10.6. The van der Waals surface area contributed by atoms with Crippen LogP contribution >= 0.6 is 12.6 Å². The lowest BCUT2D eigenvalue weighted by Crippen LogP contribution is -1.64. The van der Waals surface area contributed by atoms with Crippen LogP contribution in [0.4, 0.5) is 0 Å². The number of hydrogen-bond donors (Lipinski definition) is 1.